The lowest BCUT2D eigenvalue weighted by atomic mass is 10.3. The summed E-state index contributed by atoms with van der Waals surface area (Å²) in [7, 11) is 1.59. The van der Waals surface area contributed by atoms with Crippen LogP contribution in [0.5, 0.6) is 11.6 Å². The van der Waals surface area contributed by atoms with Gasteiger partial charge >= 0.3 is 0 Å². The Hall–Kier alpha value is -1.82. The maximum absolute atomic E-state index is 9.18. The Morgan fingerprint density at radius 1 is 1.58 bits per heavy atom. The van der Waals surface area contributed by atoms with Crippen LogP contribution < -0.4 is 9.47 Å². The number of carbonyl (C=O) groups excluding carboxylic acids is 1. The largest absolute Gasteiger partial charge is 0.488 e. The molecule has 0 unspecified atom stereocenters. The summed E-state index contributed by atoms with van der Waals surface area (Å²) in [6, 6.07) is 3.60. The third kappa shape index (κ3) is 6.05. The van der Waals surface area contributed by atoms with E-state index < -0.39 is 0 Å². The van der Waals surface area contributed by atoms with Crippen molar-refractivity contribution >= 4 is 6.47 Å². The first kappa shape index (κ1) is 15.2. The molecular formula is C13H19NO5. The van der Waals surface area contributed by atoms with E-state index in [-0.39, 0.29) is 6.10 Å². The molecule has 1 aliphatic rings. The molecule has 6 heteroatoms. The highest BCUT2D eigenvalue weighted by atomic mass is 16.5. The lowest BCUT2D eigenvalue weighted by molar-refractivity contribution is -0.128. The fraction of sp³-hybridized carbons (Fsp3) is 0.538. The molecule has 106 valence electrons. The molecular weight excluding hydrogens is 250 g/mol. The molecule has 0 amide bonds. The lowest BCUT2D eigenvalue weighted by Gasteiger charge is -2.11. The molecule has 1 saturated heterocycles. The van der Waals surface area contributed by atoms with Crippen LogP contribution in [0.3, 0.4) is 0 Å². The van der Waals surface area contributed by atoms with Gasteiger partial charge in [0.1, 0.15) is 11.9 Å². The maximum atomic E-state index is 9.18. The summed E-state index contributed by atoms with van der Waals surface area (Å²) in [6.07, 6.45) is 2.79. The van der Waals surface area contributed by atoms with Gasteiger partial charge < -0.3 is 18.9 Å². The molecule has 0 radical (unpaired) electrons. The van der Waals surface area contributed by atoms with Gasteiger partial charge in [-0.3, -0.25) is 4.79 Å². The highest BCUT2D eigenvalue weighted by molar-refractivity contribution is 5.36. The highest BCUT2D eigenvalue weighted by Crippen LogP contribution is 2.19. The van der Waals surface area contributed by atoms with E-state index in [9.17, 15) is 4.79 Å². The molecule has 1 aromatic heterocycles. The first-order chi connectivity index (χ1) is 9.30. The Morgan fingerprint density at radius 3 is 2.95 bits per heavy atom. The number of methoxy groups -OCH3 is 1. The summed E-state index contributed by atoms with van der Waals surface area (Å²) in [5.74, 6) is 1.36. The van der Waals surface area contributed by atoms with Crippen LogP contribution >= 0.6 is 0 Å². The minimum atomic E-state index is 0.169. The van der Waals surface area contributed by atoms with Crippen molar-refractivity contribution in [2.45, 2.75) is 19.4 Å². The van der Waals surface area contributed by atoms with Gasteiger partial charge in [0.15, 0.2) is 0 Å². The average Bonchev–Trinajstić information content (AvgIpc) is 2.93. The number of nitrogens with zero attached hydrogens (tertiary/aromatic N) is 1. The van der Waals surface area contributed by atoms with Crippen LogP contribution in [0.2, 0.25) is 0 Å². The number of rotatable bonds is 5. The van der Waals surface area contributed by atoms with Crippen LogP contribution in [0.15, 0.2) is 18.3 Å². The van der Waals surface area contributed by atoms with E-state index in [0.717, 1.165) is 18.8 Å². The predicted octanol–water partition coefficient (Wildman–Crippen LogP) is 1.44. The SMILES string of the molecule is CCOC=O.COc1cc(O[C@@H]2CCOC2)ccn1. The van der Waals surface area contributed by atoms with Crippen molar-refractivity contribution in [2.24, 2.45) is 0 Å². The van der Waals surface area contributed by atoms with Crippen LogP contribution in [-0.4, -0.2) is 44.5 Å². The summed E-state index contributed by atoms with van der Waals surface area (Å²) in [5.41, 5.74) is 0. The highest BCUT2D eigenvalue weighted by Gasteiger charge is 2.17. The number of ether oxygens (including phenoxy) is 4. The Kier molecular flexibility index (Phi) is 7.34. The smallest absolute Gasteiger partial charge is 0.293 e. The normalized spacial score (nSPS) is 17.1. The topological polar surface area (TPSA) is 66.9 Å². The van der Waals surface area contributed by atoms with E-state index in [2.05, 4.69) is 9.72 Å². The molecule has 1 aliphatic heterocycles. The van der Waals surface area contributed by atoms with Gasteiger partial charge in [0.2, 0.25) is 5.88 Å². The number of hydrogen-bond acceptors (Lipinski definition) is 6. The molecule has 1 atom stereocenters. The number of pyridine rings is 1. The van der Waals surface area contributed by atoms with E-state index in [4.69, 9.17) is 14.2 Å². The maximum Gasteiger partial charge on any atom is 0.293 e. The van der Waals surface area contributed by atoms with E-state index in [1.54, 1.807) is 26.3 Å². The van der Waals surface area contributed by atoms with Crippen molar-refractivity contribution in [3.05, 3.63) is 18.3 Å². The quantitative estimate of drug-likeness (QED) is 0.753. The second-order valence-electron chi connectivity index (χ2n) is 3.69. The van der Waals surface area contributed by atoms with E-state index in [1.807, 2.05) is 6.07 Å². The van der Waals surface area contributed by atoms with Crippen molar-refractivity contribution in [1.29, 1.82) is 0 Å². The van der Waals surface area contributed by atoms with E-state index in [1.165, 1.54) is 0 Å². The Bertz CT molecular complexity index is 366. The van der Waals surface area contributed by atoms with Crippen LogP contribution in [-0.2, 0) is 14.3 Å². The van der Waals surface area contributed by atoms with Crippen LogP contribution in [0.25, 0.3) is 0 Å². The van der Waals surface area contributed by atoms with Gasteiger partial charge in [-0.05, 0) is 13.0 Å². The van der Waals surface area contributed by atoms with Crippen LogP contribution in [0, 0.1) is 0 Å². The molecule has 1 fully saturated rings. The van der Waals surface area contributed by atoms with Gasteiger partial charge in [0, 0.05) is 18.7 Å². The summed E-state index contributed by atoms with van der Waals surface area (Å²) in [4.78, 5) is 13.2. The van der Waals surface area contributed by atoms with Gasteiger partial charge in [-0.25, -0.2) is 4.98 Å². The third-order valence-corrected chi connectivity index (χ3v) is 2.34. The zero-order valence-corrected chi connectivity index (χ0v) is 11.2. The Morgan fingerprint density at radius 2 is 2.42 bits per heavy atom. The monoisotopic (exact) mass is 269 g/mol. The molecule has 19 heavy (non-hydrogen) atoms. The van der Waals surface area contributed by atoms with Gasteiger partial charge in [0.25, 0.3) is 6.47 Å². The van der Waals surface area contributed by atoms with Gasteiger partial charge in [0.05, 0.1) is 26.9 Å². The fourth-order valence-electron chi connectivity index (χ4n) is 1.44. The van der Waals surface area contributed by atoms with E-state index in [0.29, 0.717) is 25.6 Å². The number of hydrogen-bond donors (Lipinski definition) is 0. The van der Waals surface area contributed by atoms with Gasteiger partial charge in [-0.2, -0.15) is 0 Å². The Balaban J connectivity index is 0.000000312. The standard InChI is InChI=1S/C10H13NO3.C3H6O2/c1-12-10-6-8(2-4-11-10)14-9-3-5-13-7-9;1-2-5-3-4/h2,4,6,9H,3,5,7H2,1H3;3H,2H2,1H3/t9-;/m1./s1. The van der Waals surface area contributed by atoms with Gasteiger partial charge in [-0.15, -0.1) is 0 Å². The average molecular weight is 269 g/mol. The number of aromatic nitrogens is 1. The summed E-state index contributed by atoms with van der Waals surface area (Å²) < 4.78 is 20.0. The molecule has 0 aliphatic carbocycles. The molecule has 0 N–H and O–H groups in total. The fourth-order valence-corrected chi connectivity index (χ4v) is 1.44. The van der Waals surface area contributed by atoms with Crippen molar-refractivity contribution in [1.82, 2.24) is 4.98 Å². The molecule has 2 rings (SSSR count). The summed E-state index contributed by atoms with van der Waals surface area (Å²) in [6.45, 7) is 4.12. The first-order valence-electron chi connectivity index (χ1n) is 6.09. The second kappa shape index (κ2) is 9.16. The summed E-state index contributed by atoms with van der Waals surface area (Å²) in [5, 5.41) is 0. The molecule has 0 bridgehead atoms. The first-order valence-corrected chi connectivity index (χ1v) is 6.09. The zero-order chi connectivity index (χ0) is 13.9. The minimum Gasteiger partial charge on any atom is -0.488 e. The van der Waals surface area contributed by atoms with Crippen molar-refractivity contribution in [2.75, 3.05) is 26.9 Å². The van der Waals surface area contributed by atoms with Crippen LogP contribution in [0.1, 0.15) is 13.3 Å². The van der Waals surface area contributed by atoms with Crippen LogP contribution in [0.4, 0.5) is 0 Å². The molecule has 2 heterocycles. The number of carbonyl (C=O) groups is 1. The van der Waals surface area contributed by atoms with Crippen molar-refractivity contribution in [3.8, 4) is 11.6 Å². The molecule has 0 saturated carbocycles. The van der Waals surface area contributed by atoms with Crippen molar-refractivity contribution in [3.63, 3.8) is 0 Å². The van der Waals surface area contributed by atoms with Crippen molar-refractivity contribution < 1.29 is 23.7 Å². The molecule has 0 spiro atoms. The van der Waals surface area contributed by atoms with E-state index >= 15 is 0 Å². The third-order valence-electron chi connectivity index (χ3n) is 2.34. The van der Waals surface area contributed by atoms with Gasteiger partial charge in [-0.1, -0.05) is 0 Å². The summed E-state index contributed by atoms with van der Waals surface area (Å²) >= 11 is 0. The minimum absolute atomic E-state index is 0.169. The molecule has 1 aromatic rings. The Labute approximate surface area is 112 Å². The molecule has 6 nitrogen and oxygen atoms in total. The molecule has 0 aromatic carbocycles. The second-order valence-corrected chi connectivity index (χ2v) is 3.69. The lowest BCUT2D eigenvalue weighted by Crippen LogP contribution is -2.15. The predicted molar refractivity (Wildman–Crippen MR) is 68.3 cm³/mol. The zero-order valence-electron chi connectivity index (χ0n) is 11.2.